The monoisotopic (exact) mass is 326 g/mol. The van der Waals surface area contributed by atoms with Crippen LogP contribution in [0.25, 0.3) is 22.6 Å². The van der Waals surface area contributed by atoms with Gasteiger partial charge in [0.2, 0.25) is 0 Å². The number of hydrogen-bond donors (Lipinski definition) is 0. The zero-order valence-corrected chi connectivity index (χ0v) is 12.8. The Morgan fingerprint density at radius 2 is 2.00 bits per heavy atom. The highest BCUT2D eigenvalue weighted by molar-refractivity contribution is 6.32. The third-order valence-corrected chi connectivity index (χ3v) is 4.43. The molecule has 0 bridgehead atoms. The first-order valence-electron chi connectivity index (χ1n) is 7.30. The molecule has 23 heavy (non-hydrogen) atoms. The average molecular weight is 327 g/mol. The Morgan fingerprint density at radius 1 is 1.17 bits per heavy atom. The number of benzene rings is 2. The van der Waals surface area contributed by atoms with E-state index < -0.39 is 0 Å². The van der Waals surface area contributed by atoms with Crippen molar-refractivity contribution in [3.8, 4) is 0 Å². The molecular weight excluding hydrogens is 315 g/mol. The first kappa shape index (κ1) is 14.2. The summed E-state index contributed by atoms with van der Waals surface area (Å²) in [5, 5.41) is 0.945. The summed E-state index contributed by atoms with van der Waals surface area (Å²) >= 11 is 6.09. The van der Waals surface area contributed by atoms with Crippen molar-refractivity contribution < 1.29 is 4.39 Å². The van der Waals surface area contributed by atoms with E-state index in [-0.39, 0.29) is 11.4 Å². The molecule has 0 unspecified atom stereocenters. The highest BCUT2D eigenvalue weighted by Gasteiger charge is 2.21. The number of fused-ring (bicyclic) bond motifs is 3. The van der Waals surface area contributed by atoms with Gasteiger partial charge < -0.3 is 4.57 Å². The predicted molar refractivity (Wildman–Crippen MR) is 89.9 cm³/mol. The first-order chi connectivity index (χ1) is 11.1. The second kappa shape index (κ2) is 5.32. The molecule has 0 spiro atoms. The van der Waals surface area contributed by atoms with E-state index in [0.717, 1.165) is 11.1 Å². The maximum atomic E-state index is 14.0. The zero-order chi connectivity index (χ0) is 16.0. The lowest BCUT2D eigenvalue weighted by atomic mass is 10.1. The lowest BCUT2D eigenvalue weighted by Crippen LogP contribution is -2.14. The molecule has 3 aromatic rings. The number of para-hydroxylation sites is 1. The fraction of sp³-hybridized carbons (Fsp3) is 0.111. The van der Waals surface area contributed by atoms with Crippen molar-refractivity contribution >= 4 is 34.2 Å². The number of hydrogen-bond acceptors (Lipinski definition) is 2. The number of rotatable bonds is 1. The van der Waals surface area contributed by atoms with Crippen molar-refractivity contribution in [2.75, 3.05) is 0 Å². The van der Waals surface area contributed by atoms with Crippen LogP contribution in [0.5, 0.6) is 0 Å². The fourth-order valence-corrected chi connectivity index (χ4v) is 3.21. The van der Waals surface area contributed by atoms with Crippen LogP contribution in [0.2, 0.25) is 5.02 Å². The van der Waals surface area contributed by atoms with Crippen LogP contribution in [0.15, 0.2) is 47.3 Å². The molecule has 3 nitrogen and oxygen atoms in total. The normalized spacial score (nSPS) is 15.3. The molecule has 0 atom stereocenters. The summed E-state index contributed by atoms with van der Waals surface area (Å²) in [7, 11) is 0. The highest BCUT2D eigenvalue weighted by atomic mass is 35.5. The van der Waals surface area contributed by atoms with Crippen LogP contribution in [-0.2, 0) is 6.54 Å². The van der Waals surface area contributed by atoms with E-state index in [1.54, 1.807) is 24.3 Å². The predicted octanol–water partition coefficient (Wildman–Crippen LogP) is 4.13. The number of halogens is 2. The second-order valence-electron chi connectivity index (χ2n) is 5.46. The molecule has 114 valence electrons. The third kappa shape index (κ3) is 2.26. The Labute approximate surface area is 136 Å². The van der Waals surface area contributed by atoms with E-state index in [2.05, 4.69) is 4.98 Å². The Hall–Kier alpha value is -2.46. The third-order valence-electron chi connectivity index (χ3n) is 4.10. The number of nitrogens with zero attached hydrogens (tertiary/aromatic N) is 2. The Kier molecular flexibility index (Phi) is 3.27. The molecular formula is C18H12ClFN2O. The van der Waals surface area contributed by atoms with Gasteiger partial charge in [0.25, 0.3) is 5.56 Å². The molecule has 2 heterocycles. The van der Waals surface area contributed by atoms with Gasteiger partial charge in [-0.2, -0.15) is 4.98 Å². The molecule has 0 aliphatic carbocycles. The van der Waals surface area contributed by atoms with Gasteiger partial charge >= 0.3 is 0 Å². The van der Waals surface area contributed by atoms with Crippen molar-refractivity contribution in [2.24, 2.45) is 0 Å². The molecule has 0 saturated carbocycles. The van der Waals surface area contributed by atoms with Gasteiger partial charge in [-0.05, 0) is 42.3 Å². The quantitative estimate of drug-likeness (QED) is 0.674. The van der Waals surface area contributed by atoms with Gasteiger partial charge in [-0.15, -0.1) is 0 Å². The molecule has 5 heteroatoms. The lowest BCUT2D eigenvalue weighted by Gasteiger charge is -2.07. The highest BCUT2D eigenvalue weighted by Crippen LogP contribution is 2.31. The van der Waals surface area contributed by atoms with Gasteiger partial charge in [0.05, 0.1) is 15.9 Å². The number of aryl methyl sites for hydroxylation is 1. The van der Waals surface area contributed by atoms with Gasteiger partial charge in [-0.3, -0.25) is 4.79 Å². The molecule has 1 aliphatic heterocycles. The molecule has 4 rings (SSSR count). The van der Waals surface area contributed by atoms with Crippen molar-refractivity contribution in [2.45, 2.75) is 13.0 Å². The summed E-state index contributed by atoms with van der Waals surface area (Å²) < 4.78 is 16.0. The molecule has 0 saturated heterocycles. The average Bonchev–Trinajstić information content (AvgIpc) is 2.94. The van der Waals surface area contributed by atoms with Crippen LogP contribution in [0.4, 0.5) is 4.39 Å². The van der Waals surface area contributed by atoms with Crippen molar-refractivity contribution in [3.05, 3.63) is 75.0 Å². The van der Waals surface area contributed by atoms with E-state index in [9.17, 15) is 9.18 Å². The van der Waals surface area contributed by atoms with Crippen LogP contribution in [-0.4, -0.2) is 9.55 Å². The number of aromatic nitrogens is 2. The standard InChI is InChI=1S/C18H12ClFN2O/c19-14-5-3-6-15(20)13(14)10-11-8-9-22-16-7-2-1-4-12(16)18(23)21-17(11)22/h1-7,10H,8-9H2/b11-10-. The summed E-state index contributed by atoms with van der Waals surface area (Å²) in [5.74, 6) is 0.208. The van der Waals surface area contributed by atoms with Gasteiger partial charge in [-0.25, -0.2) is 4.39 Å². The summed E-state index contributed by atoms with van der Waals surface area (Å²) in [5.41, 5.74) is 1.74. The smallest absolute Gasteiger partial charge is 0.281 e. The van der Waals surface area contributed by atoms with Crippen molar-refractivity contribution in [1.29, 1.82) is 0 Å². The fourth-order valence-electron chi connectivity index (χ4n) is 3.00. The maximum Gasteiger partial charge on any atom is 0.281 e. The molecule has 0 N–H and O–H groups in total. The Bertz CT molecular complexity index is 1000. The van der Waals surface area contributed by atoms with Crippen molar-refractivity contribution in [3.63, 3.8) is 0 Å². The van der Waals surface area contributed by atoms with Gasteiger partial charge in [0.15, 0.2) is 0 Å². The van der Waals surface area contributed by atoms with Crippen LogP contribution in [0.3, 0.4) is 0 Å². The second-order valence-corrected chi connectivity index (χ2v) is 5.87. The van der Waals surface area contributed by atoms with Crippen LogP contribution >= 0.6 is 11.6 Å². The largest absolute Gasteiger partial charge is 0.325 e. The minimum Gasteiger partial charge on any atom is -0.325 e. The topological polar surface area (TPSA) is 34.9 Å². The molecule has 0 amide bonds. The molecule has 2 aromatic carbocycles. The summed E-state index contributed by atoms with van der Waals surface area (Å²) in [4.78, 5) is 16.4. The minimum atomic E-state index is -0.383. The van der Waals surface area contributed by atoms with Gasteiger partial charge in [0, 0.05) is 12.1 Å². The molecule has 0 fully saturated rings. The van der Waals surface area contributed by atoms with Crippen LogP contribution in [0.1, 0.15) is 17.8 Å². The first-order valence-corrected chi connectivity index (χ1v) is 7.67. The number of allylic oxidation sites excluding steroid dienone is 1. The Balaban J connectivity index is 1.95. The van der Waals surface area contributed by atoms with Crippen LogP contribution in [0, 0.1) is 5.82 Å². The minimum absolute atomic E-state index is 0.265. The zero-order valence-electron chi connectivity index (χ0n) is 12.1. The maximum absolute atomic E-state index is 14.0. The van der Waals surface area contributed by atoms with E-state index >= 15 is 0 Å². The summed E-state index contributed by atoms with van der Waals surface area (Å²) in [6.07, 6.45) is 2.38. The van der Waals surface area contributed by atoms with E-state index in [1.807, 2.05) is 22.8 Å². The molecule has 1 aromatic heterocycles. The molecule has 1 aliphatic rings. The Morgan fingerprint density at radius 3 is 2.83 bits per heavy atom. The van der Waals surface area contributed by atoms with Crippen LogP contribution < -0.4 is 5.56 Å². The summed E-state index contributed by atoms with van der Waals surface area (Å²) in [6, 6.07) is 12.0. The van der Waals surface area contributed by atoms with Crippen molar-refractivity contribution in [1.82, 2.24) is 9.55 Å². The van der Waals surface area contributed by atoms with Gasteiger partial charge in [0.1, 0.15) is 11.6 Å². The van der Waals surface area contributed by atoms with E-state index in [0.29, 0.717) is 34.8 Å². The molecule has 0 radical (unpaired) electrons. The summed E-state index contributed by atoms with van der Waals surface area (Å²) in [6.45, 7) is 0.709. The SMILES string of the molecule is O=c1nc2n(c3ccccc13)CC/C2=C/c1c(F)cccc1Cl. The van der Waals surface area contributed by atoms with E-state index in [4.69, 9.17) is 11.6 Å². The van der Waals surface area contributed by atoms with E-state index in [1.165, 1.54) is 6.07 Å². The van der Waals surface area contributed by atoms with Gasteiger partial charge in [-0.1, -0.05) is 29.8 Å². The lowest BCUT2D eigenvalue weighted by molar-refractivity contribution is 0.625.